The maximum Gasteiger partial charge on any atom is 0.225 e. The Kier molecular flexibility index (Phi) is 5.02. The van der Waals surface area contributed by atoms with Gasteiger partial charge in [-0.1, -0.05) is 43.2 Å². The maximum atomic E-state index is 12.5. The van der Waals surface area contributed by atoms with Crippen LogP contribution < -0.4 is 0 Å². The number of sulfonamides is 1. The molecular weight excluding hydrogens is 312 g/mol. The zero-order valence-electron chi connectivity index (χ0n) is 13.4. The minimum absolute atomic E-state index is 0.0322. The van der Waals surface area contributed by atoms with Gasteiger partial charge in [-0.2, -0.15) is 4.31 Å². The summed E-state index contributed by atoms with van der Waals surface area (Å²) < 4.78 is 26.5. The van der Waals surface area contributed by atoms with Crippen LogP contribution in [0.15, 0.2) is 30.3 Å². The van der Waals surface area contributed by atoms with Crippen LogP contribution in [0, 0.1) is 5.92 Å². The summed E-state index contributed by atoms with van der Waals surface area (Å²) in [4.78, 5) is 14.3. The molecule has 0 bridgehead atoms. The summed E-state index contributed by atoms with van der Waals surface area (Å²) in [5, 5.41) is 0. The predicted octanol–water partition coefficient (Wildman–Crippen LogP) is 1.85. The van der Waals surface area contributed by atoms with Gasteiger partial charge in [-0.05, 0) is 18.4 Å². The lowest BCUT2D eigenvalue weighted by atomic mass is 10.1. The molecular formula is C17H24N2O3S. The fourth-order valence-electron chi connectivity index (χ4n) is 3.49. The molecule has 1 aliphatic heterocycles. The summed E-state index contributed by atoms with van der Waals surface area (Å²) in [6, 6.07) is 9.24. The Labute approximate surface area is 138 Å². The molecule has 1 aliphatic carbocycles. The van der Waals surface area contributed by atoms with Crippen molar-refractivity contribution in [2.75, 3.05) is 26.2 Å². The van der Waals surface area contributed by atoms with Crippen molar-refractivity contribution in [3.05, 3.63) is 35.9 Å². The molecule has 5 nitrogen and oxygen atoms in total. The van der Waals surface area contributed by atoms with Crippen molar-refractivity contribution in [2.45, 2.75) is 31.4 Å². The number of hydrogen-bond acceptors (Lipinski definition) is 3. The van der Waals surface area contributed by atoms with Gasteiger partial charge in [-0.25, -0.2) is 8.42 Å². The third-order valence-corrected chi connectivity index (χ3v) is 6.69. The highest BCUT2D eigenvalue weighted by Crippen LogP contribution is 2.27. The van der Waals surface area contributed by atoms with Crippen molar-refractivity contribution < 1.29 is 13.2 Å². The van der Waals surface area contributed by atoms with Crippen molar-refractivity contribution in [2.24, 2.45) is 5.92 Å². The lowest BCUT2D eigenvalue weighted by Gasteiger charge is -2.35. The summed E-state index contributed by atoms with van der Waals surface area (Å²) in [5.41, 5.74) is 0.803. The van der Waals surface area contributed by atoms with Crippen molar-refractivity contribution in [1.29, 1.82) is 0 Å². The summed E-state index contributed by atoms with van der Waals surface area (Å²) in [5.74, 6) is 0.426. The normalized spacial score (nSPS) is 20.8. The van der Waals surface area contributed by atoms with Gasteiger partial charge in [0, 0.05) is 32.1 Å². The number of nitrogens with zero attached hydrogens (tertiary/aromatic N) is 2. The van der Waals surface area contributed by atoms with E-state index in [0.717, 1.165) is 31.2 Å². The minimum atomic E-state index is -3.31. The summed E-state index contributed by atoms with van der Waals surface area (Å²) in [6.07, 6.45) is 4.26. The standard InChI is InChI=1S/C17H24N2O3S/c20-17(16-8-4-5-9-16)18-10-12-19(13-11-18)23(21,22)14-15-6-2-1-3-7-15/h1-3,6-7,16H,4-5,8-14H2. The molecule has 0 spiro atoms. The van der Waals surface area contributed by atoms with Crippen LogP contribution in [0.4, 0.5) is 0 Å². The molecule has 0 unspecified atom stereocenters. The zero-order valence-corrected chi connectivity index (χ0v) is 14.2. The molecule has 0 N–H and O–H groups in total. The van der Waals surface area contributed by atoms with E-state index in [0.29, 0.717) is 26.2 Å². The van der Waals surface area contributed by atoms with Crippen LogP contribution >= 0.6 is 0 Å². The first-order chi connectivity index (χ1) is 11.1. The highest BCUT2D eigenvalue weighted by Gasteiger charge is 2.32. The van der Waals surface area contributed by atoms with E-state index in [1.807, 2.05) is 35.2 Å². The van der Waals surface area contributed by atoms with E-state index >= 15 is 0 Å². The molecule has 1 aromatic rings. The van der Waals surface area contributed by atoms with Crippen LogP contribution in [0.3, 0.4) is 0 Å². The van der Waals surface area contributed by atoms with Gasteiger partial charge in [0.1, 0.15) is 0 Å². The van der Waals surface area contributed by atoms with Gasteiger partial charge < -0.3 is 4.90 Å². The Morgan fingerprint density at radius 1 is 1.00 bits per heavy atom. The molecule has 2 aliphatic rings. The van der Waals surface area contributed by atoms with E-state index in [4.69, 9.17) is 0 Å². The summed E-state index contributed by atoms with van der Waals surface area (Å²) in [6.45, 7) is 1.86. The molecule has 1 saturated carbocycles. The Bertz CT molecular complexity index is 631. The number of carbonyl (C=O) groups excluding carboxylic acids is 1. The van der Waals surface area contributed by atoms with Gasteiger partial charge in [0.15, 0.2) is 0 Å². The molecule has 0 atom stereocenters. The molecule has 23 heavy (non-hydrogen) atoms. The first kappa shape index (κ1) is 16.5. The average Bonchev–Trinajstić information content (AvgIpc) is 3.09. The number of carbonyl (C=O) groups is 1. The van der Waals surface area contributed by atoms with E-state index in [2.05, 4.69) is 0 Å². The van der Waals surface area contributed by atoms with E-state index < -0.39 is 10.0 Å². The fraction of sp³-hybridized carbons (Fsp3) is 0.588. The molecule has 1 aromatic carbocycles. The smallest absolute Gasteiger partial charge is 0.225 e. The lowest BCUT2D eigenvalue weighted by molar-refractivity contribution is -0.136. The highest BCUT2D eigenvalue weighted by molar-refractivity contribution is 7.88. The quantitative estimate of drug-likeness (QED) is 0.843. The second kappa shape index (κ2) is 7.01. The molecule has 3 rings (SSSR count). The summed E-state index contributed by atoms with van der Waals surface area (Å²) >= 11 is 0. The van der Waals surface area contributed by atoms with Gasteiger partial charge in [-0.15, -0.1) is 0 Å². The van der Waals surface area contributed by atoms with Gasteiger partial charge in [0.25, 0.3) is 0 Å². The number of piperazine rings is 1. The monoisotopic (exact) mass is 336 g/mol. The predicted molar refractivity (Wildman–Crippen MR) is 89.2 cm³/mol. The van der Waals surface area contributed by atoms with E-state index in [1.54, 1.807) is 0 Å². The van der Waals surface area contributed by atoms with Crippen molar-refractivity contribution in [3.8, 4) is 0 Å². The molecule has 1 saturated heterocycles. The third kappa shape index (κ3) is 3.93. The van der Waals surface area contributed by atoms with Gasteiger partial charge in [0.2, 0.25) is 15.9 Å². The molecule has 2 fully saturated rings. The zero-order chi connectivity index (χ0) is 16.3. The van der Waals surface area contributed by atoms with E-state index in [9.17, 15) is 13.2 Å². The second-order valence-corrected chi connectivity index (χ2v) is 8.42. The number of rotatable bonds is 4. The Morgan fingerprint density at radius 3 is 2.22 bits per heavy atom. The SMILES string of the molecule is O=C(C1CCCC1)N1CCN(S(=O)(=O)Cc2ccccc2)CC1. The summed E-state index contributed by atoms with van der Waals surface area (Å²) in [7, 11) is -3.31. The van der Waals surface area contributed by atoms with Gasteiger partial charge in [0.05, 0.1) is 5.75 Å². The van der Waals surface area contributed by atoms with Crippen LogP contribution in [0.5, 0.6) is 0 Å². The molecule has 6 heteroatoms. The maximum absolute atomic E-state index is 12.5. The average molecular weight is 336 g/mol. The van der Waals surface area contributed by atoms with Crippen molar-refractivity contribution in [1.82, 2.24) is 9.21 Å². The first-order valence-corrected chi connectivity index (χ1v) is 9.98. The largest absolute Gasteiger partial charge is 0.340 e. The second-order valence-electron chi connectivity index (χ2n) is 6.45. The van der Waals surface area contributed by atoms with E-state index in [-0.39, 0.29) is 17.6 Å². The molecule has 0 aromatic heterocycles. The number of amides is 1. The molecule has 126 valence electrons. The Morgan fingerprint density at radius 2 is 1.61 bits per heavy atom. The molecule has 1 amide bonds. The van der Waals surface area contributed by atoms with Crippen LogP contribution in [0.1, 0.15) is 31.2 Å². The lowest BCUT2D eigenvalue weighted by Crippen LogP contribution is -2.51. The highest BCUT2D eigenvalue weighted by atomic mass is 32.2. The third-order valence-electron chi connectivity index (χ3n) is 4.84. The minimum Gasteiger partial charge on any atom is -0.340 e. The van der Waals surface area contributed by atoms with Crippen LogP contribution in [0.2, 0.25) is 0 Å². The van der Waals surface area contributed by atoms with E-state index in [1.165, 1.54) is 4.31 Å². The first-order valence-electron chi connectivity index (χ1n) is 8.37. The van der Waals surface area contributed by atoms with Crippen LogP contribution in [-0.4, -0.2) is 49.7 Å². The number of benzene rings is 1. The molecule has 0 radical (unpaired) electrons. The Balaban J connectivity index is 1.56. The van der Waals surface area contributed by atoms with Crippen LogP contribution in [0.25, 0.3) is 0 Å². The molecule has 1 heterocycles. The van der Waals surface area contributed by atoms with Crippen molar-refractivity contribution >= 4 is 15.9 Å². The Hall–Kier alpha value is -1.40. The fourth-order valence-corrected chi connectivity index (χ4v) is 5.01. The van der Waals surface area contributed by atoms with Crippen molar-refractivity contribution in [3.63, 3.8) is 0 Å². The van der Waals surface area contributed by atoms with Gasteiger partial charge >= 0.3 is 0 Å². The topological polar surface area (TPSA) is 57.7 Å². The van der Waals surface area contributed by atoms with Crippen LogP contribution in [-0.2, 0) is 20.6 Å². The van der Waals surface area contributed by atoms with Gasteiger partial charge in [-0.3, -0.25) is 4.79 Å². The number of hydrogen-bond donors (Lipinski definition) is 0.